The van der Waals surface area contributed by atoms with Gasteiger partial charge < -0.3 is 14.8 Å². The van der Waals surface area contributed by atoms with E-state index in [0.29, 0.717) is 25.5 Å². The van der Waals surface area contributed by atoms with Gasteiger partial charge in [-0.05, 0) is 19.1 Å². The van der Waals surface area contributed by atoms with Crippen LogP contribution in [0.5, 0.6) is 0 Å². The van der Waals surface area contributed by atoms with E-state index in [1.165, 1.54) is 19.1 Å². The first-order valence-corrected chi connectivity index (χ1v) is 10.0. The fourth-order valence-electron chi connectivity index (χ4n) is 3.16. The van der Waals surface area contributed by atoms with Crippen LogP contribution >= 0.6 is 0 Å². The number of hydrogen-bond donors (Lipinski definition) is 2. The molecule has 2 atom stereocenters. The number of imidazole rings is 1. The summed E-state index contributed by atoms with van der Waals surface area (Å²) < 4.78 is 42.9. The van der Waals surface area contributed by atoms with Crippen molar-refractivity contribution in [2.75, 3.05) is 19.6 Å². The molecule has 0 spiro atoms. The van der Waals surface area contributed by atoms with Gasteiger partial charge in [0, 0.05) is 39.1 Å². The summed E-state index contributed by atoms with van der Waals surface area (Å²) in [6.07, 6.45) is 3.44. The Hall–Kier alpha value is -2.30. The molecule has 3 rings (SSSR count). The molecule has 27 heavy (non-hydrogen) atoms. The lowest BCUT2D eigenvalue weighted by atomic mass is 10.1. The van der Waals surface area contributed by atoms with Gasteiger partial charge in [0.15, 0.2) is 0 Å². The highest BCUT2D eigenvalue weighted by molar-refractivity contribution is 7.89. The molecule has 1 amide bonds. The van der Waals surface area contributed by atoms with Gasteiger partial charge in [-0.3, -0.25) is 4.79 Å². The lowest BCUT2D eigenvalue weighted by Crippen LogP contribution is -2.54. The smallest absolute Gasteiger partial charge is 0.244 e. The normalized spacial score (nSPS) is 19.1. The van der Waals surface area contributed by atoms with Crippen LogP contribution in [0.15, 0.2) is 41.6 Å². The number of piperazine rings is 1. The van der Waals surface area contributed by atoms with Crippen LogP contribution in [0.4, 0.5) is 4.39 Å². The quantitative estimate of drug-likeness (QED) is 0.764. The second-order valence-corrected chi connectivity index (χ2v) is 8.10. The molecule has 10 heteroatoms. The van der Waals surface area contributed by atoms with Gasteiger partial charge in [0.05, 0.1) is 6.04 Å². The SMILES string of the molecule is CC(NS(=O)(=O)c1ccccc1F)C(=O)N1CCNCC1c1nccn1C. The molecule has 1 aliphatic rings. The third kappa shape index (κ3) is 4.02. The summed E-state index contributed by atoms with van der Waals surface area (Å²) in [4.78, 5) is 18.4. The van der Waals surface area contributed by atoms with Crippen LogP contribution in [0.3, 0.4) is 0 Å². The number of sulfonamides is 1. The summed E-state index contributed by atoms with van der Waals surface area (Å²) in [5.74, 6) is -0.540. The van der Waals surface area contributed by atoms with E-state index >= 15 is 0 Å². The summed E-state index contributed by atoms with van der Waals surface area (Å²) in [6, 6.07) is 3.70. The van der Waals surface area contributed by atoms with Crippen LogP contribution in [-0.2, 0) is 21.9 Å². The third-order valence-corrected chi connectivity index (χ3v) is 6.09. The van der Waals surface area contributed by atoms with Crippen molar-refractivity contribution in [3.63, 3.8) is 0 Å². The molecule has 2 aromatic rings. The summed E-state index contributed by atoms with van der Waals surface area (Å²) in [6.45, 7) is 2.99. The zero-order chi connectivity index (χ0) is 19.6. The van der Waals surface area contributed by atoms with Gasteiger partial charge in [0.2, 0.25) is 15.9 Å². The number of hydrogen-bond acceptors (Lipinski definition) is 5. The zero-order valence-electron chi connectivity index (χ0n) is 15.1. The topological polar surface area (TPSA) is 96.3 Å². The number of benzene rings is 1. The fraction of sp³-hybridized carbons (Fsp3) is 0.412. The van der Waals surface area contributed by atoms with E-state index in [9.17, 15) is 17.6 Å². The highest BCUT2D eigenvalue weighted by Gasteiger charge is 2.34. The first-order valence-electron chi connectivity index (χ1n) is 8.56. The summed E-state index contributed by atoms with van der Waals surface area (Å²) >= 11 is 0. The molecule has 0 radical (unpaired) electrons. The highest BCUT2D eigenvalue weighted by atomic mass is 32.2. The molecule has 2 heterocycles. The van der Waals surface area contributed by atoms with Crippen molar-refractivity contribution in [1.29, 1.82) is 0 Å². The van der Waals surface area contributed by atoms with E-state index in [4.69, 9.17) is 0 Å². The summed E-state index contributed by atoms with van der Waals surface area (Å²) in [7, 11) is -2.33. The molecule has 1 aliphatic heterocycles. The van der Waals surface area contributed by atoms with Gasteiger partial charge in [-0.2, -0.15) is 4.72 Å². The van der Waals surface area contributed by atoms with Gasteiger partial charge >= 0.3 is 0 Å². The lowest BCUT2D eigenvalue weighted by molar-refractivity contribution is -0.136. The Labute approximate surface area is 157 Å². The van der Waals surface area contributed by atoms with Crippen molar-refractivity contribution in [2.24, 2.45) is 7.05 Å². The lowest BCUT2D eigenvalue weighted by Gasteiger charge is -2.37. The molecular formula is C17H22FN5O3S. The Morgan fingerprint density at radius 3 is 2.81 bits per heavy atom. The summed E-state index contributed by atoms with van der Waals surface area (Å²) in [5.41, 5.74) is 0. The van der Waals surface area contributed by atoms with Gasteiger partial charge in [-0.1, -0.05) is 12.1 Å². The molecule has 2 unspecified atom stereocenters. The highest BCUT2D eigenvalue weighted by Crippen LogP contribution is 2.22. The minimum atomic E-state index is -4.16. The Morgan fingerprint density at radius 1 is 1.41 bits per heavy atom. The van der Waals surface area contributed by atoms with Gasteiger partial charge in [0.25, 0.3) is 0 Å². The number of amides is 1. The number of nitrogens with zero attached hydrogens (tertiary/aromatic N) is 3. The molecule has 8 nitrogen and oxygen atoms in total. The zero-order valence-corrected chi connectivity index (χ0v) is 15.9. The Kier molecular flexibility index (Phi) is 5.59. The van der Waals surface area contributed by atoms with E-state index in [0.717, 1.165) is 12.1 Å². The predicted octanol–water partition coefficient (Wildman–Crippen LogP) is 0.399. The Balaban J connectivity index is 1.79. The second-order valence-electron chi connectivity index (χ2n) is 6.42. The van der Waals surface area contributed by atoms with E-state index in [1.54, 1.807) is 17.3 Å². The van der Waals surface area contributed by atoms with E-state index in [2.05, 4.69) is 15.0 Å². The number of carbonyl (C=O) groups excluding carboxylic acids is 1. The standard InChI is InChI=1S/C17H22FN5O3S/c1-12(21-27(25,26)15-6-4-3-5-13(15)18)17(24)23-10-7-19-11-14(23)16-20-8-9-22(16)2/h3-6,8-9,12,14,19,21H,7,10-11H2,1-2H3. The molecule has 1 fully saturated rings. The number of rotatable bonds is 5. The number of nitrogens with one attached hydrogen (secondary N) is 2. The van der Waals surface area contributed by atoms with Crippen LogP contribution in [-0.4, -0.2) is 54.5 Å². The van der Waals surface area contributed by atoms with Crippen molar-refractivity contribution >= 4 is 15.9 Å². The fourth-order valence-corrected chi connectivity index (χ4v) is 4.43. The van der Waals surface area contributed by atoms with Crippen molar-refractivity contribution in [3.8, 4) is 0 Å². The largest absolute Gasteiger partial charge is 0.336 e. The van der Waals surface area contributed by atoms with Crippen molar-refractivity contribution in [1.82, 2.24) is 24.5 Å². The maximum absolute atomic E-state index is 13.8. The average molecular weight is 395 g/mol. The van der Waals surface area contributed by atoms with Crippen LogP contribution in [0.2, 0.25) is 0 Å². The van der Waals surface area contributed by atoms with E-state index in [-0.39, 0.29) is 11.9 Å². The molecule has 2 N–H and O–H groups in total. The molecule has 1 saturated heterocycles. The molecule has 0 bridgehead atoms. The average Bonchev–Trinajstić information content (AvgIpc) is 3.06. The molecule has 146 valence electrons. The molecule has 1 aromatic carbocycles. The third-order valence-electron chi connectivity index (χ3n) is 4.51. The molecule has 1 aromatic heterocycles. The van der Waals surface area contributed by atoms with Gasteiger partial charge in [-0.25, -0.2) is 17.8 Å². The number of halogens is 1. The first-order chi connectivity index (χ1) is 12.8. The van der Waals surface area contributed by atoms with E-state index in [1.807, 2.05) is 11.6 Å². The van der Waals surface area contributed by atoms with E-state index < -0.39 is 26.8 Å². The van der Waals surface area contributed by atoms with Crippen LogP contribution < -0.4 is 10.0 Å². The van der Waals surface area contributed by atoms with Crippen LogP contribution in [0.1, 0.15) is 18.8 Å². The van der Waals surface area contributed by atoms with Crippen LogP contribution in [0.25, 0.3) is 0 Å². The number of aryl methyl sites for hydroxylation is 1. The number of aromatic nitrogens is 2. The molecule has 0 aliphatic carbocycles. The number of carbonyl (C=O) groups is 1. The van der Waals surface area contributed by atoms with Crippen LogP contribution in [0, 0.1) is 5.82 Å². The minimum absolute atomic E-state index is 0.313. The second kappa shape index (κ2) is 7.75. The molecule has 0 saturated carbocycles. The Morgan fingerprint density at radius 2 is 2.15 bits per heavy atom. The maximum Gasteiger partial charge on any atom is 0.244 e. The first kappa shape index (κ1) is 19.5. The minimum Gasteiger partial charge on any atom is -0.336 e. The summed E-state index contributed by atoms with van der Waals surface area (Å²) in [5, 5.41) is 3.22. The van der Waals surface area contributed by atoms with Gasteiger partial charge in [-0.15, -0.1) is 0 Å². The van der Waals surface area contributed by atoms with Gasteiger partial charge in [0.1, 0.15) is 22.6 Å². The molecular weight excluding hydrogens is 373 g/mol. The van der Waals surface area contributed by atoms with Crippen molar-refractivity contribution < 1.29 is 17.6 Å². The Bertz CT molecular complexity index is 930. The van der Waals surface area contributed by atoms with Crippen molar-refractivity contribution in [2.45, 2.75) is 23.9 Å². The van der Waals surface area contributed by atoms with Crippen molar-refractivity contribution in [3.05, 3.63) is 48.3 Å². The maximum atomic E-state index is 13.8. The predicted molar refractivity (Wildman–Crippen MR) is 96.7 cm³/mol. The monoisotopic (exact) mass is 395 g/mol.